The smallest absolute Gasteiger partial charge is 0.408 e. The van der Waals surface area contributed by atoms with E-state index in [0.29, 0.717) is 0 Å². The Bertz CT molecular complexity index is 990. The summed E-state index contributed by atoms with van der Waals surface area (Å²) in [6.45, 7) is 3.84. The molecule has 0 saturated carbocycles. The third-order valence-electron chi connectivity index (χ3n) is 5.18. The van der Waals surface area contributed by atoms with E-state index in [-0.39, 0.29) is 25.5 Å². The zero-order chi connectivity index (χ0) is 23.1. The Morgan fingerprint density at radius 3 is 2.50 bits per heavy atom. The van der Waals surface area contributed by atoms with E-state index in [0.717, 1.165) is 16.7 Å². The fourth-order valence-electron chi connectivity index (χ4n) is 3.43. The molecule has 0 radical (unpaired) electrons. The van der Waals surface area contributed by atoms with Crippen molar-refractivity contribution in [3.8, 4) is 0 Å². The largest absolute Gasteiger partial charge is 0.445 e. The molecule has 2 atom stereocenters. The molecular weight excluding hydrogens is 410 g/mol. The van der Waals surface area contributed by atoms with Gasteiger partial charge in [0, 0.05) is 13.0 Å². The van der Waals surface area contributed by atoms with Crippen molar-refractivity contribution in [2.45, 2.75) is 45.5 Å². The molecule has 1 aliphatic rings. The fraction of sp³-hybridized carbons (Fsp3) is 0.333. The van der Waals surface area contributed by atoms with Gasteiger partial charge in [-0.05, 0) is 22.6 Å². The fourth-order valence-corrected chi connectivity index (χ4v) is 3.43. The van der Waals surface area contributed by atoms with Gasteiger partial charge in [0.15, 0.2) is 0 Å². The first-order chi connectivity index (χ1) is 15.3. The molecule has 8 heteroatoms. The summed E-state index contributed by atoms with van der Waals surface area (Å²) in [5.74, 6) is -2.31. The van der Waals surface area contributed by atoms with Gasteiger partial charge in [0.05, 0.1) is 0 Å². The zero-order valence-corrected chi connectivity index (χ0v) is 18.1. The van der Waals surface area contributed by atoms with Crippen LogP contribution in [-0.2, 0) is 38.7 Å². The topological polar surface area (TPSA) is 114 Å². The van der Waals surface area contributed by atoms with Crippen molar-refractivity contribution in [2.24, 2.45) is 5.92 Å². The molecule has 1 heterocycles. The third-order valence-corrected chi connectivity index (χ3v) is 5.18. The van der Waals surface area contributed by atoms with Crippen molar-refractivity contribution >= 4 is 23.7 Å². The minimum absolute atomic E-state index is 0.0662. The molecule has 3 N–H and O–H groups in total. The number of nitrogens with one attached hydrogen (secondary N) is 3. The predicted octanol–water partition coefficient (Wildman–Crippen LogP) is 1.86. The van der Waals surface area contributed by atoms with E-state index >= 15 is 0 Å². The second-order valence-corrected chi connectivity index (χ2v) is 8.06. The lowest BCUT2D eigenvalue weighted by Crippen LogP contribution is -2.55. The number of ketones is 1. The van der Waals surface area contributed by atoms with Gasteiger partial charge in [-0.15, -0.1) is 0 Å². The van der Waals surface area contributed by atoms with Crippen LogP contribution in [0, 0.1) is 5.92 Å². The quantitative estimate of drug-likeness (QED) is 0.597. The SMILES string of the molecule is CC(C)C(NC(=O)OCc1ccccc1)C(=O)NC1Cc2cccc(c2)CNC(=O)C1=O. The number of carbonyl (C=O) groups excluding carboxylic acids is 4. The molecule has 2 unspecified atom stereocenters. The van der Waals surface area contributed by atoms with Gasteiger partial charge in [0.1, 0.15) is 18.7 Å². The highest BCUT2D eigenvalue weighted by molar-refractivity contribution is 6.38. The number of fused-ring (bicyclic) bond motifs is 2. The van der Waals surface area contributed by atoms with E-state index < -0.39 is 35.8 Å². The molecule has 8 nitrogen and oxygen atoms in total. The minimum atomic E-state index is -1.04. The second-order valence-electron chi connectivity index (χ2n) is 8.06. The Hall–Kier alpha value is -3.68. The maximum absolute atomic E-state index is 13.0. The molecule has 2 aromatic carbocycles. The van der Waals surface area contributed by atoms with Crippen LogP contribution in [0.15, 0.2) is 54.6 Å². The van der Waals surface area contributed by atoms with Crippen LogP contribution in [0.25, 0.3) is 0 Å². The molecule has 1 aliphatic heterocycles. The molecule has 3 amide bonds. The number of carbonyl (C=O) groups is 4. The molecule has 0 aliphatic carbocycles. The Kier molecular flexibility index (Phi) is 7.59. The van der Waals surface area contributed by atoms with Crippen molar-refractivity contribution < 1.29 is 23.9 Å². The summed E-state index contributed by atoms with van der Waals surface area (Å²) >= 11 is 0. The Balaban J connectivity index is 1.66. The number of hydrogen-bond acceptors (Lipinski definition) is 5. The average molecular weight is 437 g/mol. The summed E-state index contributed by atoms with van der Waals surface area (Å²) in [4.78, 5) is 50.1. The second kappa shape index (κ2) is 10.6. The standard InChI is InChI=1S/C24H27N3O5/c1-15(2)20(27-24(31)32-14-16-7-4-3-5-8-16)22(29)26-19-12-17-9-6-10-18(11-17)13-25-23(30)21(19)28/h3-11,15,19-20H,12-14H2,1-2H3,(H,25,30)(H,26,29)(H,27,31). The lowest BCUT2D eigenvalue weighted by molar-refractivity contribution is -0.140. The molecule has 168 valence electrons. The number of alkyl carbamates (subject to hydrolysis) is 1. The normalized spacial score (nSPS) is 16.8. The number of ether oxygens (including phenoxy) is 1. The molecule has 0 spiro atoms. The van der Waals surface area contributed by atoms with E-state index in [1.54, 1.807) is 13.8 Å². The van der Waals surface area contributed by atoms with Crippen molar-refractivity contribution in [2.75, 3.05) is 0 Å². The van der Waals surface area contributed by atoms with E-state index in [1.165, 1.54) is 0 Å². The molecule has 32 heavy (non-hydrogen) atoms. The van der Waals surface area contributed by atoms with Gasteiger partial charge in [0.2, 0.25) is 11.7 Å². The minimum Gasteiger partial charge on any atom is -0.445 e. The molecule has 0 saturated heterocycles. The maximum atomic E-state index is 13.0. The monoisotopic (exact) mass is 437 g/mol. The zero-order valence-electron chi connectivity index (χ0n) is 18.1. The van der Waals surface area contributed by atoms with Gasteiger partial charge in [-0.2, -0.15) is 0 Å². The van der Waals surface area contributed by atoms with Crippen molar-refractivity contribution in [3.63, 3.8) is 0 Å². The summed E-state index contributed by atoms with van der Waals surface area (Å²) in [5.41, 5.74) is 2.52. The van der Waals surface area contributed by atoms with Crippen molar-refractivity contribution in [1.82, 2.24) is 16.0 Å². The van der Waals surface area contributed by atoms with Gasteiger partial charge in [-0.25, -0.2) is 4.79 Å². The van der Waals surface area contributed by atoms with Crippen LogP contribution in [0.1, 0.15) is 30.5 Å². The van der Waals surface area contributed by atoms with Gasteiger partial charge in [0.25, 0.3) is 5.91 Å². The summed E-state index contributed by atoms with van der Waals surface area (Å²) < 4.78 is 5.21. The van der Waals surface area contributed by atoms with Crippen LogP contribution in [0.4, 0.5) is 4.79 Å². The summed E-state index contributed by atoms with van der Waals surface area (Å²) in [6.07, 6.45) is -0.566. The van der Waals surface area contributed by atoms with Crippen LogP contribution in [0.2, 0.25) is 0 Å². The summed E-state index contributed by atoms with van der Waals surface area (Å²) in [7, 11) is 0. The van der Waals surface area contributed by atoms with Crippen molar-refractivity contribution in [1.29, 1.82) is 0 Å². The van der Waals surface area contributed by atoms with Crippen LogP contribution < -0.4 is 16.0 Å². The van der Waals surface area contributed by atoms with Gasteiger partial charge < -0.3 is 20.7 Å². The first kappa shape index (κ1) is 23.0. The highest BCUT2D eigenvalue weighted by Crippen LogP contribution is 2.12. The van der Waals surface area contributed by atoms with Crippen LogP contribution >= 0.6 is 0 Å². The van der Waals surface area contributed by atoms with Crippen LogP contribution in [-0.4, -0.2) is 35.8 Å². The molecule has 0 aromatic heterocycles. The summed E-state index contributed by atoms with van der Waals surface area (Å²) in [6, 6.07) is 14.6. The van der Waals surface area contributed by atoms with E-state index in [9.17, 15) is 19.2 Å². The lowest BCUT2D eigenvalue weighted by Gasteiger charge is -2.24. The highest BCUT2D eigenvalue weighted by Gasteiger charge is 2.32. The van der Waals surface area contributed by atoms with Gasteiger partial charge in [-0.1, -0.05) is 68.4 Å². The molecular formula is C24H27N3O5. The Morgan fingerprint density at radius 2 is 1.78 bits per heavy atom. The number of benzene rings is 2. The number of rotatable bonds is 6. The Labute approximate surface area is 186 Å². The van der Waals surface area contributed by atoms with E-state index in [2.05, 4.69) is 16.0 Å². The first-order valence-electron chi connectivity index (χ1n) is 10.5. The van der Waals surface area contributed by atoms with Gasteiger partial charge >= 0.3 is 6.09 Å². The van der Waals surface area contributed by atoms with Gasteiger partial charge in [-0.3, -0.25) is 14.4 Å². The molecule has 2 bridgehead atoms. The van der Waals surface area contributed by atoms with Crippen LogP contribution in [0.3, 0.4) is 0 Å². The lowest BCUT2D eigenvalue weighted by atomic mass is 9.99. The molecule has 3 rings (SSSR count). The van der Waals surface area contributed by atoms with Crippen molar-refractivity contribution in [3.05, 3.63) is 71.3 Å². The molecule has 0 fully saturated rings. The van der Waals surface area contributed by atoms with E-state index in [1.807, 2.05) is 54.6 Å². The Morgan fingerprint density at radius 1 is 1.06 bits per heavy atom. The third kappa shape index (κ3) is 6.16. The average Bonchev–Trinajstić information content (AvgIpc) is 2.82. The highest BCUT2D eigenvalue weighted by atomic mass is 16.5. The van der Waals surface area contributed by atoms with E-state index in [4.69, 9.17) is 4.74 Å². The van der Waals surface area contributed by atoms with Crippen LogP contribution in [0.5, 0.6) is 0 Å². The number of hydrogen-bond donors (Lipinski definition) is 3. The number of amides is 3. The molecule has 2 aromatic rings. The predicted molar refractivity (Wildman–Crippen MR) is 117 cm³/mol. The summed E-state index contributed by atoms with van der Waals surface area (Å²) in [5, 5.41) is 7.78. The first-order valence-corrected chi connectivity index (χ1v) is 10.5. The number of Topliss-reactive ketones (excluding diaryl/α,β-unsaturated/α-hetero) is 1. The maximum Gasteiger partial charge on any atom is 0.408 e.